The molecule has 1 saturated heterocycles. The number of nitrogens with zero attached hydrogens (tertiary/aromatic N) is 2. The minimum atomic E-state index is -0.0697. The normalized spacial score (nSPS) is 17.2. The molecular formula is C17H24N4O. The molecular weight excluding hydrogens is 276 g/mol. The second kappa shape index (κ2) is 6.48. The average molecular weight is 300 g/mol. The minimum Gasteiger partial charge on any atom is -0.348 e. The SMILES string of the molecule is CC(C)CN1CCC(NC(=O)c2n[nH]c3ccccc23)CC1. The predicted molar refractivity (Wildman–Crippen MR) is 87.9 cm³/mol. The molecule has 1 aliphatic rings. The summed E-state index contributed by atoms with van der Waals surface area (Å²) in [4.78, 5) is 14.9. The van der Waals surface area contributed by atoms with E-state index in [0.29, 0.717) is 11.6 Å². The zero-order chi connectivity index (χ0) is 15.5. The third kappa shape index (κ3) is 3.30. The molecule has 0 aliphatic carbocycles. The number of carbonyl (C=O) groups is 1. The summed E-state index contributed by atoms with van der Waals surface area (Å²) >= 11 is 0. The number of likely N-dealkylation sites (tertiary alicyclic amines) is 1. The number of piperidine rings is 1. The molecule has 0 atom stereocenters. The van der Waals surface area contributed by atoms with Crippen LogP contribution in [0.25, 0.3) is 10.9 Å². The molecule has 2 heterocycles. The predicted octanol–water partition coefficient (Wildman–Crippen LogP) is 2.41. The van der Waals surface area contributed by atoms with E-state index in [9.17, 15) is 4.79 Å². The molecule has 118 valence electrons. The number of amides is 1. The van der Waals surface area contributed by atoms with E-state index in [1.807, 2.05) is 24.3 Å². The monoisotopic (exact) mass is 300 g/mol. The smallest absolute Gasteiger partial charge is 0.272 e. The Morgan fingerprint density at radius 3 is 2.82 bits per heavy atom. The van der Waals surface area contributed by atoms with E-state index < -0.39 is 0 Å². The first-order valence-corrected chi connectivity index (χ1v) is 8.10. The summed E-state index contributed by atoms with van der Waals surface area (Å²) in [6.45, 7) is 7.76. The van der Waals surface area contributed by atoms with Crippen LogP contribution in [0.5, 0.6) is 0 Å². The third-order valence-electron chi connectivity index (χ3n) is 4.23. The van der Waals surface area contributed by atoms with Gasteiger partial charge in [0.15, 0.2) is 5.69 Å². The van der Waals surface area contributed by atoms with Crippen LogP contribution < -0.4 is 5.32 Å². The maximum Gasteiger partial charge on any atom is 0.272 e. The van der Waals surface area contributed by atoms with E-state index in [1.165, 1.54) is 0 Å². The van der Waals surface area contributed by atoms with Crippen LogP contribution in [0.3, 0.4) is 0 Å². The number of carbonyl (C=O) groups excluding carboxylic acids is 1. The Morgan fingerprint density at radius 1 is 1.36 bits per heavy atom. The van der Waals surface area contributed by atoms with Crippen molar-refractivity contribution in [3.8, 4) is 0 Å². The van der Waals surface area contributed by atoms with Crippen molar-refractivity contribution < 1.29 is 4.79 Å². The van der Waals surface area contributed by atoms with Crippen LogP contribution in [-0.4, -0.2) is 46.7 Å². The molecule has 1 fully saturated rings. The standard InChI is InChI=1S/C17H24N4O/c1-12(2)11-21-9-7-13(8-10-21)18-17(22)16-14-5-3-4-6-15(14)19-20-16/h3-6,12-13H,7-11H2,1-2H3,(H,18,22)(H,19,20). The lowest BCUT2D eigenvalue weighted by molar-refractivity contribution is 0.0904. The summed E-state index contributed by atoms with van der Waals surface area (Å²) in [5, 5.41) is 11.1. The number of hydrogen-bond acceptors (Lipinski definition) is 3. The Balaban J connectivity index is 1.59. The number of H-pyrrole nitrogens is 1. The third-order valence-corrected chi connectivity index (χ3v) is 4.23. The van der Waals surface area contributed by atoms with Gasteiger partial charge < -0.3 is 10.2 Å². The molecule has 2 N–H and O–H groups in total. The van der Waals surface area contributed by atoms with E-state index in [-0.39, 0.29) is 11.9 Å². The fraction of sp³-hybridized carbons (Fsp3) is 0.529. The largest absolute Gasteiger partial charge is 0.348 e. The molecule has 3 rings (SSSR count). The van der Waals surface area contributed by atoms with Gasteiger partial charge in [-0.3, -0.25) is 9.89 Å². The summed E-state index contributed by atoms with van der Waals surface area (Å²) < 4.78 is 0. The van der Waals surface area contributed by atoms with Crippen LogP contribution in [0.2, 0.25) is 0 Å². The van der Waals surface area contributed by atoms with Gasteiger partial charge in [-0.25, -0.2) is 0 Å². The van der Waals surface area contributed by atoms with Gasteiger partial charge in [0.05, 0.1) is 5.52 Å². The van der Waals surface area contributed by atoms with Crippen LogP contribution in [-0.2, 0) is 0 Å². The van der Waals surface area contributed by atoms with Crippen LogP contribution in [0.1, 0.15) is 37.2 Å². The van der Waals surface area contributed by atoms with E-state index in [0.717, 1.165) is 43.4 Å². The van der Waals surface area contributed by atoms with Crippen molar-refractivity contribution in [1.82, 2.24) is 20.4 Å². The summed E-state index contributed by atoms with van der Waals surface area (Å²) in [6.07, 6.45) is 2.03. The maximum absolute atomic E-state index is 12.4. The highest BCUT2D eigenvalue weighted by Crippen LogP contribution is 2.17. The van der Waals surface area contributed by atoms with Crippen molar-refractivity contribution in [3.63, 3.8) is 0 Å². The molecule has 0 radical (unpaired) electrons. The molecule has 5 nitrogen and oxygen atoms in total. The fourth-order valence-corrected chi connectivity index (χ4v) is 3.17. The number of nitrogens with one attached hydrogen (secondary N) is 2. The number of benzene rings is 1. The van der Waals surface area contributed by atoms with Gasteiger partial charge in [-0.15, -0.1) is 0 Å². The summed E-state index contributed by atoms with van der Waals surface area (Å²) in [7, 11) is 0. The van der Waals surface area contributed by atoms with Gasteiger partial charge in [0.1, 0.15) is 0 Å². The molecule has 0 bridgehead atoms. The Labute approximate surface area is 131 Å². The zero-order valence-corrected chi connectivity index (χ0v) is 13.3. The van der Waals surface area contributed by atoms with Gasteiger partial charge in [0, 0.05) is 31.1 Å². The van der Waals surface area contributed by atoms with Gasteiger partial charge in [0.2, 0.25) is 0 Å². The summed E-state index contributed by atoms with van der Waals surface area (Å²) in [6, 6.07) is 7.99. The van der Waals surface area contributed by atoms with Gasteiger partial charge in [-0.05, 0) is 24.8 Å². The van der Waals surface area contributed by atoms with Gasteiger partial charge in [-0.1, -0.05) is 32.0 Å². The lowest BCUT2D eigenvalue weighted by Gasteiger charge is -2.33. The highest BCUT2D eigenvalue weighted by molar-refractivity contribution is 6.04. The van der Waals surface area contributed by atoms with E-state index in [1.54, 1.807) is 0 Å². The van der Waals surface area contributed by atoms with E-state index >= 15 is 0 Å². The Bertz CT molecular complexity index is 641. The first kappa shape index (κ1) is 15.0. The van der Waals surface area contributed by atoms with E-state index in [4.69, 9.17) is 0 Å². The van der Waals surface area contributed by atoms with Crippen LogP contribution in [0.4, 0.5) is 0 Å². The van der Waals surface area contributed by atoms with Gasteiger partial charge in [0.25, 0.3) is 5.91 Å². The summed E-state index contributed by atoms with van der Waals surface area (Å²) in [5.41, 5.74) is 1.40. The first-order valence-electron chi connectivity index (χ1n) is 8.10. The summed E-state index contributed by atoms with van der Waals surface area (Å²) in [5.74, 6) is 0.626. The van der Waals surface area contributed by atoms with Crippen molar-refractivity contribution >= 4 is 16.8 Å². The number of aromatic nitrogens is 2. The van der Waals surface area contributed by atoms with Crippen LogP contribution in [0.15, 0.2) is 24.3 Å². The molecule has 1 amide bonds. The average Bonchev–Trinajstić information content (AvgIpc) is 2.93. The van der Waals surface area contributed by atoms with Crippen molar-refractivity contribution in [2.45, 2.75) is 32.7 Å². The molecule has 0 spiro atoms. The number of para-hydroxylation sites is 1. The molecule has 2 aromatic rings. The Kier molecular flexibility index (Phi) is 4.43. The highest BCUT2D eigenvalue weighted by atomic mass is 16.2. The molecule has 22 heavy (non-hydrogen) atoms. The van der Waals surface area contributed by atoms with Crippen molar-refractivity contribution in [2.75, 3.05) is 19.6 Å². The Hall–Kier alpha value is -1.88. The molecule has 1 aliphatic heterocycles. The highest BCUT2D eigenvalue weighted by Gasteiger charge is 2.23. The lowest BCUT2D eigenvalue weighted by atomic mass is 10.0. The second-order valence-electron chi connectivity index (χ2n) is 6.56. The number of aromatic amines is 1. The lowest BCUT2D eigenvalue weighted by Crippen LogP contribution is -2.45. The van der Waals surface area contributed by atoms with Crippen molar-refractivity contribution in [3.05, 3.63) is 30.0 Å². The van der Waals surface area contributed by atoms with E-state index in [2.05, 4.69) is 34.3 Å². The molecule has 1 aromatic carbocycles. The number of fused-ring (bicyclic) bond motifs is 1. The van der Waals surface area contributed by atoms with Gasteiger partial charge in [-0.2, -0.15) is 5.10 Å². The van der Waals surface area contributed by atoms with Gasteiger partial charge >= 0.3 is 0 Å². The fourth-order valence-electron chi connectivity index (χ4n) is 3.17. The molecule has 0 saturated carbocycles. The van der Waals surface area contributed by atoms with Crippen molar-refractivity contribution in [2.24, 2.45) is 5.92 Å². The van der Waals surface area contributed by atoms with Crippen molar-refractivity contribution in [1.29, 1.82) is 0 Å². The molecule has 1 aromatic heterocycles. The second-order valence-corrected chi connectivity index (χ2v) is 6.56. The Morgan fingerprint density at radius 2 is 2.09 bits per heavy atom. The van der Waals surface area contributed by atoms with Crippen LogP contribution >= 0.6 is 0 Å². The maximum atomic E-state index is 12.4. The topological polar surface area (TPSA) is 61.0 Å². The quantitative estimate of drug-likeness (QED) is 0.911. The molecule has 5 heteroatoms. The first-order chi connectivity index (χ1) is 10.6. The zero-order valence-electron chi connectivity index (χ0n) is 13.3. The molecule has 0 unspecified atom stereocenters. The van der Waals surface area contributed by atoms with Crippen LogP contribution in [0, 0.1) is 5.92 Å². The minimum absolute atomic E-state index is 0.0697. The number of rotatable bonds is 4. The number of hydrogen-bond donors (Lipinski definition) is 2.